The Kier molecular flexibility index (Phi) is 9.30. The minimum atomic E-state index is -0.539. The van der Waals surface area contributed by atoms with Crippen LogP contribution < -0.4 is 10.6 Å². The second-order valence-corrected chi connectivity index (χ2v) is 6.37. The summed E-state index contributed by atoms with van der Waals surface area (Å²) in [6.07, 6.45) is 3.06. The molecule has 1 aromatic heterocycles. The molecule has 8 heteroatoms. The first-order valence-electron chi connectivity index (χ1n) is 9.60. The van der Waals surface area contributed by atoms with E-state index in [-0.39, 0.29) is 25.5 Å². The Balaban J connectivity index is 2.02. The molecule has 2 amide bonds. The molecular weight excluding hydrogens is 362 g/mol. The Hall–Kier alpha value is -2.58. The molecule has 0 saturated carbocycles. The third-order valence-corrected chi connectivity index (χ3v) is 4.21. The zero-order valence-electron chi connectivity index (χ0n) is 16.2. The van der Waals surface area contributed by atoms with E-state index in [2.05, 4.69) is 15.6 Å². The van der Waals surface area contributed by atoms with Gasteiger partial charge in [-0.1, -0.05) is 31.5 Å². The third kappa shape index (κ3) is 6.86. The zero-order valence-corrected chi connectivity index (χ0v) is 16.2. The van der Waals surface area contributed by atoms with Crippen molar-refractivity contribution < 1.29 is 24.2 Å². The molecule has 8 nitrogen and oxygen atoms in total. The van der Waals surface area contributed by atoms with Crippen LogP contribution in [0.5, 0.6) is 0 Å². The highest BCUT2D eigenvalue weighted by molar-refractivity contribution is 5.86. The number of nitrogens with one attached hydrogen (secondary N) is 3. The van der Waals surface area contributed by atoms with Crippen LogP contribution in [0.15, 0.2) is 30.5 Å². The van der Waals surface area contributed by atoms with Crippen molar-refractivity contribution in [1.29, 1.82) is 0 Å². The molecule has 0 spiro atoms. The van der Waals surface area contributed by atoms with Crippen LogP contribution in [-0.4, -0.2) is 55.1 Å². The molecule has 0 fully saturated rings. The van der Waals surface area contributed by atoms with Gasteiger partial charge in [-0.15, -0.1) is 0 Å². The number of aliphatic hydroxyl groups is 1. The van der Waals surface area contributed by atoms with E-state index in [0.717, 1.165) is 29.3 Å². The number of carbonyl (C=O) groups excluding carboxylic acids is 2. The van der Waals surface area contributed by atoms with E-state index >= 15 is 0 Å². The molecule has 1 heterocycles. The Labute approximate surface area is 164 Å². The number of fused-ring (bicyclic) bond motifs is 1. The molecule has 0 radical (unpaired) electrons. The van der Waals surface area contributed by atoms with Gasteiger partial charge in [0.1, 0.15) is 0 Å². The standard InChI is InChI=1S/C20H29N3O5/c1-2-3-10-28-20(26)23-18(13-19(25)21-8-11-27-12-9-24)16-14-22-17-7-5-4-6-15(16)17/h4-7,14,18,22,24H,2-3,8-13H2,1H3,(H,21,25)(H,23,26). The number of aromatic nitrogens is 1. The Morgan fingerprint density at radius 2 is 2.04 bits per heavy atom. The van der Waals surface area contributed by atoms with Crippen molar-refractivity contribution in [3.63, 3.8) is 0 Å². The molecule has 1 unspecified atom stereocenters. The van der Waals surface area contributed by atoms with Gasteiger partial charge < -0.3 is 30.2 Å². The van der Waals surface area contributed by atoms with Crippen LogP contribution in [0.25, 0.3) is 10.9 Å². The van der Waals surface area contributed by atoms with Gasteiger partial charge in [0, 0.05) is 29.2 Å². The molecule has 28 heavy (non-hydrogen) atoms. The molecule has 0 bridgehead atoms. The fraction of sp³-hybridized carbons (Fsp3) is 0.500. The fourth-order valence-electron chi connectivity index (χ4n) is 2.80. The van der Waals surface area contributed by atoms with Crippen molar-refractivity contribution in [3.05, 3.63) is 36.0 Å². The second kappa shape index (κ2) is 12.0. The van der Waals surface area contributed by atoms with Crippen molar-refractivity contribution in [2.24, 2.45) is 0 Å². The van der Waals surface area contributed by atoms with Crippen molar-refractivity contribution in [2.45, 2.75) is 32.2 Å². The number of H-pyrrole nitrogens is 1. The SMILES string of the molecule is CCCCOC(=O)NC(CC(=O)NCCOCCO)c1c[nH]c2ccccc12. The minimum Gasteiger partial charge on any atom is -0.450 e. The molecule has 2 rings (SSSR count). The largest absolute Gasteiger partial charge is 0.450 e. The van der Waals surface area contributed by atoms with Crippen LogP contribution in [0, 0.1) is 0 Å². The summed E-state index contributed by atoms with van der Waals surface area (Å²) < 4.78 is 10.3. The number of aliphatic hydroxyl groups excluding tert-OH is 1. The van der Waals surface area contributed by atoms with Crippen LogP contribution in [0.1, 0.15) is 37.8 Å². The van der Waals surface area contributed by atoms with Crippen LogP contribution in [0.3, 0.4) is 0 Å². The van der Waals surface area contributed by atoms with Gasteiger partial charge in [-0.05, 0) is 12.5 Å². The third-order valence-electron chi connectivity index (χ3n) is 4.21. The maximum absolute atomic E-state index is 12.3. The summed E-state index contributed by atoms with van der Waals surface area (Å²) in [7, 11) is 0. The smallest absolute Gasteiger partial charge is 0.407 e. The van der Waals surface area contributed by atoms with Crippen molar-refractivity contribution in [3.8, 4) is 0 Å². The van der Waals surface area contributed by atoms with Crippen LogP contribution in [0.4, 0.5) is 4.79 Å². The van der Waals surface area contributed by atoms with Crippen LogP contribution in [0.2, 0.25) is 0 Å². The fourth-order valence-corrected chi connectivity index (χ4v) is 2.80. The van der Waals surface area contributed by atoms with Gasteiger partial charge in [0.05, 0.1) is 38.9 Å². The first kappa shape index (κ1) is 21.7. The molecule has 1 atom stereocenters. The van der Waals surface area contributed by atoms with Gasteiger partial charge in [-0.2, -0.15) is 0 Å². The number of aromatic amines is 1. The van der Waals surface area contributed by atoms with Crippen molar-refractivity contribution in [1.82, 2.24) is 15.6 Å². The summed E-state index contributed by atoms with van der Waals surface area (Å²) in [5.74, 6) is -0.211. The Morgan fingerprint density at radius 3 is 2.82 bits per heavy atom. The van der Waals surface area contributed by atoms with Gasteiger partial charge in [0.25, 0.3) is 0 Å². The number of alkyl carbamates (subject to hydrolysis) is 1. The first-order valence-corrected chi connectivity index (χ1v) is 9.60. The summed E-state index contributed by atoms with van der Waals surface area (Å²) in [4.78, 5) is 27.7. The molecule has 2 aromatic rings. The average molecular weight is 391 g/mol. The number of hydrogen-bond donors (Lipinski definition) is 4. The highest BCUT2D eigenvalue weighted by Gasteiger charge is 2.22. The van der Waals surface area contributed by atoms with Crippen LogP contribution in [-0.2, 0) is 14.3 Å². The van der Waals surface area contributed by atoms with E-state index in [4.69, 9.17) is 14.6 Å². The first-order chi connectivity index (χ1) is 13.7. The number of para-hydroxylation sites is 1. The van der Waals surface area contributed by atoms with E-state index in [0.29, 0.717) is 19.8 Å². The van der Waals surface area contributed by atoms with E-state index in [1.165, 1.54) is 0 Å². The lowest BCUT2D eigenvalue weighted by Gasteiger charge is -2.18. The Bertz CT molecular complexity index is 746. The molecule has 4 N–H and O–H groups in total. The molecule has 0 aliphatic carbocycles. The normalized spacial score (nSPS) is 11.9. The van der Waals surface area contributed by atoms with Gasteiger partial charge in [0.15, 0.2) is 0 Å². The van der Waals surface area contributed by atoms with Gasteiger partial charge >= 0.3 is 6.09 Å². The monoisotopic (exact) mass is 391 g/mol. The summed E-state index contributed by atoms with van der Waals surface area (Å²) in [6, 6.07) is 7.19. The van der Waals surface area contributed by atoms with Gasteiger partial charge in [-0.25, -0.2) is 4.79 Å². The maximum atomic E-state index is 12.3. The number of benzene rings is 1. The van der Waals surface area contributed by atoms with E-state index in [1.54, 1.807) is 6.20 Å². The predicted molar refractivity (Wildman–Crippen MR) is 106 cm³/mol. The molecule has 0 saturated heterocycles. The highest BCUT2D eigenvalue weighted by Crippen LogP contribution is 2.26. The van der Waals surface area contributed by atoms with Gasteiger partial charge in [-0.3, -0.25) is 4.79 Å². The zero-order chi connectivity index (χ0) is 20.2. The Morgan fingerprint density at radius 1 is 1.21 bits per heavy atom. The lowest BCUT2D eigenvalue weighted by atomic mass is 10.0. The molecule has 154 valence electrons. The summed E-state index contributed by atoms with van der Waals surface area (Å²) in [5.41, 5.74) is 1.76. The molecule has 0 aliphatic heterocycles. The second-order valence-electron chi connectivity index (χ2n) is 6.37. The predicted octanol–water partition coefficient (Wildman–Crippen LogP) is 2.25. The number of ether oxygens (including phenoxy) is 2. The van der Waals surface area contributed by atoms with E-state index in [9.17, 15) is 9.59 Å². The summed E-state index contributed by atoms with van der Waals surface area (Å²) in [6.45, 7) is 3.19. The van der Waals surface area contributed by atoms with E-state index < -0.39 is 12.1 Å². The number of unbranched alkanes of at least 4 members (excludes halogenated alkanes) is 1. The summed E-state index contributed by atoms with van der Waals surface area (Å²) >= 11 is 0. The summed E-state index contributed by atoms with van der Waals surface area (Å²) in [5, 5.41) is 15.2. The quantitative estimate of drug-likeness (QED) is 0.415. The molecular formula is C20H29N3O5. The van der Waals surface area contributed by atoms with Crippen molar-refractivity contribution >= 4 is 22.9 Å². The average Bonchev–Trinajstić information content (AvgIpc) is 3.11. The van der Waals surface area contributed by atoms with Crippen molar-refractivity contribution in [2.75, 3.05) is 33.0 Å². The number of hydrogen-bond acceptors (Lipinski definition) is 5. The highest BCUT2D eigenvalue weighted by atomic mass is 16.5. The van der Waals surface area contributed by atoms with Gasteiger partial charge in [0.2, 0.25) is 5.91 Å². The van der Waals surface area contributed by atoms with Crippen LogP contribution >= 0.6 is 0 Å². The number of carbonyl (C=O) groups is 2. The number of amides is 2. The maximum Gasteiger partial charge on any atom is 0.407 e. The molecule has 1 aromatic carbocycles. The topological polar surface area (TPSA) is 113 Å². The minimum absolute atomic E-state index is 0.0549. The molecule has 0 aliphatic rings. The lowest BCUT2D eigenvalue weighted by molar-refractivity contribution is -0.121. The van der Waals surface area contributed by atoms with E-state index in [1.807, 2.05) is 31.2 Å². The number of rotatable bonds is 12. The lowest BCUT2D eigenvalue weighted by Crippen LogP contribution is -2.35.